The maximum absolute atomic E-state index is 13.8. The second-order valence-electron chi connectivity index (χ2n) is 6.34. The monoisotopic (exact) mass is 529 g/mol. The molecule has 0 saturated carbocycles. The Kier molecular flexibility index (Phi) is 6.69. The molecule has 0 heterocycles. The highest BCUT2D eigenvalue weighted by Crippen LogP contribution is 2.37. The molecule has 2 aromatic rings. The SMILES string of the molecule is O=C(O)C1=C(C(=O)Nc2cc(Br)c(OCc3cccc(F)c3F)c(Br)c2)CCC1. The predicted molar refractivity (Wildman–Crippen MR) is 110 cm³/mol. The first-order valence-corrected chi connectivity index (χ1v) is 10.2. The molecule has 0 atom stereocenters. The maximum Gasteiger partial charge on any atom is 0.332 e. The van der Waals surface area contributed by atoms with Crippen LogP contribution >= 0.6 is 31.9 Å². The normalized spacial score (nSPS) is 13.5. The quantitative estimate of drug-likeness (QED) is 0.511. The molecule has 1 aliphatic carbocycles. The van der Waals surface area contributed by atoms with Gasteiger partial charge in [-0.3, -0.25) is 4.79 Å². The van der Waals surface area contributed by atoms with Crippen molar-refractivity contribution in [2.75, 3.05) is 5.32 Å². The van der Waals surface area contributed by atoms with E-state index in [0.717, 1.165) is 6.07 Å². The van der Waals surface area contributed by atoms with Crippen molar-refractivity contribution < 1.29 is 28.2 Å². The average Bonchev–Trinajstić information content (AvgIpc) is 3.14. The van der Waals surface area contributed by atoms with E-state index in [9.17, 15) is 23.5 Å². The lowest BCUT2D eigenvalue weighted by molar-refractivity contribution is -0.133. The van der Waals surface area contributed by atoms with Gasteiger partial charge < -0.3 is 15.2 Å². The van der Waals surface area contributed by atoms with Gasteiger partial charge >= 0.3 is 5.97 Å². The Balaban J connectivity index is 1.75. The van der Waals surface area contributed by atoms with Crippen LogP contribution in [0.25, 0.3) is 0 Å². The Morgan fingerprint density at radius 3 is 2.41 bits per heavy atom. The van der Waals surface area contributed by atoms with E-state index in [4.69, 9.17) is 4.74 Å². The molecule has 0 fully saturated rings. The summed E-state index contributed by atoms with van der Waals surface area (Å²) in [5.41, 5.74) is 0.891. The maximum atomic E-state index is 13.8. The van der Waals surface area contributed by atoms with Crippen LogP contribution in [0.2, 0.25) is 0 Å². The second-order valence-corrected chi connectivity index (χ2v) is 8.05. The van der Waals surface area contributed by atoms with Crippen LogP contribution in [0.3, 0.4) is 0 Å². The van der Waals surface area contributed by atoms with Crippen molar-refractivity contribution >= 4 is 49.4 Å². The van der Waals surface area contributed by atoms with Crippen molar-refractivity contribution in [3.63, 3.8) is 0 Å². The minimum Gasteiger partial charge on any atom is -0.486 e. The van der Waals surface area contributed by atoms with Crippen LogP contribution in [-0.4, -0.2) is 17.0 Å². The summed E-state index contributed by atoms with van der Waals surface area (Å²) >= 11 is 6.67. The zero-order valence-corrected chi connectivity index (χ0v) is 18.1. The van der Waals surface area contributed by atoms with Crippen LogP contribution in [-0.2, 0) is 16.2 Å². The van der Waals surface area contributed by atoms with E-state index in [-0.39, 0.29) is 23.3 Å². The Morgan fingerprint density at radius 1 is 1.10 bits per heavy atom. The van der Waals surface area contributed by atoms with Gasteiger partial charge in [0.15, 0.2) is 11.6 Å². The topological polar surface area (TPSA) is 75.6 Å². The van der Waals surface area contributed by atoms with Crippen molar-refractivity contribution in [3.05, 3.63) is 67.6 Å². The number of carbonyl (C=O) groups excluding carboxylic acids is 1. The van der Waals surface area contributed by atoms with Gasteiger partial charge in [0.05, 0.1) is 8.95 Å². The molecular formula is C20H15Br2F2NO4. The van der Waals surface area contributed by atoms with E-state index in [2.05, 4.69) is 37.2 Å². The van der Waals surface area contributed by atoms with E-state index in [1.807, 2.05) is 0 Å². The van der Waals surface area contributed by atoms with Gasteiger partial charge in [-0.15, -0.1) is 0 Å². The number of carboxylic acids is 1. The Hall–Kier alpha value is -2.26. The van der Waals surface area contributed by atoms with Crippen LogP contribution in [0.4, 0.5) is 14.5 Å². The molecule has 0 aliphatic heterocycles. The van der Waals surface area contributed by atoms with Crippen LogP contribution < -0.4 is 10.1 Å². The summed E-state index contributed by atoms with van der Waals surface area (Å²) in [6.07, 6.45) is 1.41. The molecule has 2 aromatic carbocycles. The Bertz CT molecular complexity index is 1000. The summed E-state index contributed by atoms with van der Waals surface area (Å²) < 4.78 is 33.6. The Labute approximate surface area is 182 Å². The Morgan fingerprint density at radius 2 is 1.76 bits per heavy atom. The largest absolute Gasteiger partial charge is 0.486 e. The highest BCUT2D eigenvalue weighted by molar-refractivity contribution is 9.11. The number of rotatable bonds is 6. The van der Waals surface area contributed by atoms with Crippen LogP contribution in [0.1, 0.15) is 24.8 Å². The van der Waals surface area contributed by atoms with Gasteiger partial charge in [-0.25, -0.2) is 13.6 Å². The van der Waals surface area contributed by atoms with E-state index in [1.165, 1.54) is 12.1 Å². The van der Waals surface area contributed by atoms with Gasteiger partial charge in [0.25, 0.3) is 5.91 Å². The van der Waals surface area contributed by atoms with Crippen LogP contribution in [0, 0.1) is 11.6 Å². The molecule has 1 aliphatic rings. The number of carbonyl (C=O) groups is 2. The van der Waals surface area contributed by atoms with Crippen molar-refractivity contribution in [2.24, 2.45) is 0 Å². The third-order valence-electron chi connectivity index (χ3n) is 4.41. The summed E-state index contributed by atoms with van der Waals surface area (Å²) in [5, 5.41) is 11.9. The molecule has 5 nitrogen and oxygen atoms in total. The number of ether oxygens (including phenoxy) is 1. The number of hydrogen-bond acceptors (Lipinski definition) is 3. The zero-order valence-electron chi connectivity index (χ0n) is 14.9. The van der Waals surface area contributed by atoms with Gasteiger partial charge in [-0.1, -0.05) is 12.1 Å². The number of aliphatic carboxylic acids is 1. The molecule has 0 bridgehead atoms. The molecular weight excluding hydrogens is 516 g/mol. The minimum atomic E-state index is -1.08. The molecule has 0 radical (unpaired) electrons. The molecule has 0 spiro atoms. The molecule has 0 saturated heterocycles. The molecule has 3 rings (SSSR count). The molecule has 0 aromatic heterocycles. The van der Waals surface area contributed by atoms with Gasteiger partial charge in [0, 0.05) is 22.4 Å². The van der Waals surface area contributed by atoms with E-state index in [0.29, 0.717) is 39.6 Å². The van der Waals surface area contributed by atoms with Crippen molar-refractivity contribution in [1.29, 1.82) is 0 Å². The number of hydrogen-bond donors (Lipinski definition) is 2. The molecule has 29 heavy (non-hydrogen) atoms. The smallest absolute Gasteiger partial charge is 0.332 e. The first kappa shape index (κ1) is 21.4. The van der Waals surface area contributed by atoms with E-state index < -0.39 is 23.5 Å². The third-order valence-corrected chi connectivity index (χ3v) is 5.59. The lowest BCUT2D eigenvalue weighted by atomic mass is 10.1. The highest BCUT2D eigenvalue weighted by atomic mass is 79.9. The van der Waals surface area contributed by atoms with Crippen molar-refractivity contribution in [1.82, 2.24) is 0 Å². The number of halogens is 4. The fourth-order valence-corrected chi connectivity index (χ4v) is 4.43. The first-order chi connectivity index (χ1) is 13.8. The van der Waals surface area contributed by atoms with E-state index in [1.54, 1.807) is 12.1 Å². The number of amides is 1. The molecule has 152 valence electrons. The van der Waals surface area contributed by atoms with Gasteiger partial charge in [-0.2, -0.15) is 0 Å². The molecule has 0 unspecified atom stereocenters. The van der Waals surface area contributed by atoms with Crippen molar-refractivity contribution in [3.8, 4) is 5.75 Å². The molecule has 9 heteroatoms. The summed E-state index contributed by atoms with van der Waals surface area (Å²) in [4.78, 5) is 23.7. The zero-order chi connectivity index (χ0) is 21.1. The van der Waals surface area contributed by atoms with E-state index >= 15 is 0 Å². The molecule has 1 amide bonds. The van der Waals surface area contributed by atoms with Gasteiger partial charge in [0.1, 0.15) is 12.4 Å². The lowest BCUT2D eigenvalue weighted by Gasteiger charge is -2.14. The fraction of sp³-hybridized carbons (Fsp3) is 0.200. The second kappa shape index (κ2) is 9.04. The highest BCUT2D eigenvalue weighted by Gasteiger charge is 2.25. The van der Waals surface area contributed by atoms with Crippen LogP contribution in [0.5, 0.6) is 5.75 Å². The van der Waals surface area contributed by atoms with Gasteiger partial charge in [-0.05, 0) is 69.3 Å². The molecule has 2 N–H and O–H groups in total. The van der Waals surface area contributed by atoms with Crippen LogP contribution in [0.15, 0.2) is 50.4 Å². The fourth-order valence-electron chi connectivity index (χ4n) is 3.02. The summed E-state index contributed by atoms with van der Waals surface area (Å²) in [7, 11) is 0. The number of benzene rings is 2. The predicted octanol–water partition coefficient (Wildman–Crippen LogP) is 5.57. The summed E-state index contributed by atoms with van der Waals surface area (Å²) in [5.74, 6) is -3.12. The minimum absolute atomic E-state index is 0.0653. The average molecular weight is 531 g/mol. The number of carboxylic acid groups (broad SMARTS) is 1. The van der Waals surface area contributed by atoms with Crippen molar-refractivity contribution in [2.45, 2.75) is 25.9 Å². The number of nitrogens with one attached hydrogen (secondary N) is 1. The third kappa shape index (κ3) is 4.84. The lowest BCUT2D eigenvalue weighted by Crippen LogP contribution is -2.16. The van der Waals surface area contributed by atoms with Gasteiger partial charge in [0.2, 0.25) is 0 Å². The number of anilines is 1. The first-order valence-electron chi connectivity index (χ1n) is 8.59. The summed E-state index contributed by atoms with van der Waals surface area (Å²) in [6.45, 7) is -0.193. The summed E-state index contributed by atoms with van der Waals surface area (Å²) in [6, 6.07) is 7.00. The standard InChI is InChI=1S/C20H15Br2F2NO4/c21-14-7-11(25-19(26)12-4-2-5-13(12)20(27)28)8-15(22)18(14)29-9-10-3-1-6-16(23)17(10)24/h1,3,6-8H,2,4-5,9H2,(H,25,26)(H,27,28).